The number of likely N-dealkylation sites (tertiary alicyclic amines) is 1. The number of piperidine rings is 1. The molecule has 1 aliphatic rings. The van der Waals surface area contributed by atoms with Gasteiger partial charge in [-0.3, -0.25) is 9.59 Å². The number of ether oxygens (including phenoxy) is 1. The lowest BCUT2D eigenvalue weighted by atomic mass is 9.97. The molecule has 0 saturated carbocycles. The van der Waals surface area contributed by atoms with E-state index in [1.807, 2.05) is 42.5 Å². The van der Waals surface area contributed by atoms with Gasteiger partial charge >= 0.3 is 0 Å². The Morgan fingerprint density at radius 3 is 2.81 bits per heavy atom. The lowest BCUT2D eigenvalue weighted by Gasteiger charge is -2.31. The van der Waals surface area contributed by atoms with Gasteiger partial charge in [0.2, 0.25) is 17.7 Å². The lowest BCUT2D eigenvalue weighted by molar-refractivity contribution is -0.134. The SMILES string of the molecule is CC(=O)N1CCCC(C(=O)NCc2ccnc(OCc3ccccc3)c2)C1. The Morgan fingerprint density at radius 2 is 2.04 bits per heavy atom. The van der Waals surface area contributed by atoms with Gasteiger partial charge in [-0.25, -0.2) is 4.98 Å². The quantitative estimate of drug-likeness (QED) is 0.852. The molecular weight excluding hydrogens is 342 g/mol. The summed E-state index contributed by atoms with van der Waals surface area (Å²) in [4.78, 5) is 29.9. The predicted octanol–water partition coefficient (Wildman–Crippen LogP) is 2.54. The van der Waals surface area contributed by atoms with E-state index in [1.54, 1.807) is 18.0 Å². The second kappa shape index (κ2) is 9.16. The largest absolute Gasteiger partial charge is 0.473 e. The number of benzene rings is 1. The number of rotatable bonds is 6. The smallest absolute Gasteiger partial charge is 0.225 e. The molecule has 27 heavy (non-hydrogen) atoms. The highest BCUT2D eigenvalue weighted by Crippen LogP contribution is 2.17. The molecule has 1 aromatic heterocycles. The van der Waals surface area contributed by atoms with Crippen molar-refractivity contribution in [2.45, 2.75) is 32.9 Å². The van der Waals surface area contributed by atoms with Crippen molar-refractivity contribution < 1.29 is 14.3 Å². The monoisotopic (exact) mass is 367 g/mol. The van der Waals surface area contributed by atoms with Crippen LogP contribution in [0.5, 0.6) is 5.88 Å². The van der Waals surface area contributed by atoms with Gasteiger partial charge in [0.1, 0.15) is 6.61 Å². The molecule has 2 amide bonds. The molecule has 142 valence electrons. The van der Waals surface area contributed by atoms with Crippen molar-refractivity contribution in [1.82, 2.24) is 15.2 Å². The summed E-state index contributed by atoms with van der Waals surface area (Å²) in [5.74, 6) is 0.413. The average molecular weight is 367 g/mol. The summed E-state index contributed by atoms with van der Waals surface area (Å²) in [5, 5.41) is 2.97. The first-order valence-corrected chi connectivity index (χ1v) is 9.26. The van der Waals surface area contributed by atoms with Gasteiger partial charge in [0, 0.05) is 38.8 Å². The van der Waals surface area contributed by atoms with Crippen molar-refractivity contribution in [3.8, 4) is 5.88 Å². The van der Waals surface area contributed by atoms with Crippen molar-refractivity contribution in [3.63, 3.8) is 0 Å². The zero-order chi connectivity index (χ0) is 19.1. The van der Waals surface area contributed by atoms with E-state index >= 15 is 0 Å². The zero-order valence-corrected chi connectivity index (χ0v) is 15.6. The highest BCUT2D eigenvalue weighted by atomic mass is 16.5. The third-order valence-electron chi connectivity index (χ3n) is 4.73. The van der Waals surface area contributed by atoms with E-state index in [0.29, 0.717) is 25.6 Å². The standard InChI is InChI=1S/C21H25N3O3/c1-16(25)24-11-5-8-19(14-24)21(26)23-13-18-9-10-22-20(12-18)27-15-17-6-3-2-4-7-17/h2-4,6-7,9-10,12,19H,5,8,11,13-15H2,1H3,(H,23,26). The summed E-state index contributed by atoms with van der Waals surface area (Å²) in [7, 11) is 0. The molecule has 1 aromatic carbocycles. The van der Waals surface area contributed by atoms with E-state index in [2.05, 4.69) is 10.3 Å². The molecule has 0 spiro atoms. The van der Waals surface area contributed by atoms with Crippen LogP contribution in [0, 0.1) is 5.92 Å². The minimum atomic E-state index is -0.140. The predicted molar refractivity (Wildman–Crippen MR) is 102 cm³/mol. The van der Waals surface area contributed by atoms with E-state index in [0.717, 1.165) is 30.5 Å². The number of amides is 2. The van der Waals surface area contributed by atoms with Crippen molar-refractivity contribution in [1.29, 1.82) is 0 Å². The van der Waals surface area contributed by atoms with E-state index < -0.39 is 0 Å². The summed E-state index contributed by atoms with van der Waals surface area (Å²) in [5.41, 5.74) is 2.01. The van der Waals surface area contributed by atoms with Crippen LogP contribution in [0.15, 0.2) is 48.7 Å². The average Bonchev–Trinajstić information content (AvgIpc) is 2.71. The van der Waals surface area contributed by atoms with Gasteiger partial charge < -0.3 is 15.0 Å². The molecule has 1 N–H and O–H groups in total. The Balaban J connectivity index is 1.50. The van der Waals surface area contributed by atoms with Crippen LogP contribution in [0.2, 0.25) is 0 Å². The van der Waals surface area contributed by atoms with Gasteiger partial charge in [0.05, 0.1) is 5.92 Å². The maximum atomic E-state index is 12.4. The van der Waals surface area contributed by atoms with Crippen molar-refractivity contribution >= 4 is 11.8 Å². The number of nitrogens with zero attached hydrogens (tertiary/aromatic N) is 2. The van der Waals surface area contributed by atoms with Crippen LogP contribution >= 0.6 is 0 Å². The Labute approximate surface area is 159 Å². The van der Waals surface area contributed by atoms with Crippen molar-refractivity contribution in [2.24, 2.45) is 5.92 Å². The highest BCUT2D eigenvalue weighted by Gasteiger charge is 2.26. The minimum Gasteiger partial charge on any atom is -0.473 e. The second-order valence-corrected chi connectivity index (χ2v) is 6.80. The van der Waals surface area contributed by atoms with Crippen LogP contribution in [0.3, 0.4) is 0 Å². The molecule has 0 aliphatic carbocycles. The molecule has 3 rings (SSSR count). The van der Waals surface area contributed by atoms with Crippen LogP contribution in [0.1, 0.15) is 30.9 Å². The molecule has 6 nitrogen and oxygen atoms in total. The number of carbonyl (C=O) groups is 2. The fourth-order valence-electron chi connectivity index (χ4n) is 3.18. The van der Waals surface area contributed by atoms with Crippen LogP contribution in [-0.2, 0) is 22.7 Å². The number of carbonyl (C=O) groups excluding carboxylic acids is 2. The van der Waals surface area contributed by atoms with Gasteiger partial charge in [-0.2, -0.15) is 0 Å². The number of nitrogens with one attached hydrogen (secondary N) is 1. The number of hydrogen-bond acceptors (Lipinski definition) is 4. The fourth-order valence-corrected chi connectivity index (χ4v) is 3.18. The zero-order valence-electron chi connectivity index (χ0n) is 15.6. The van der Waals surface area contributed by atoms with Gasteiger partial charge in [-0.15, -0.1) is 0 Å². The van der Waals surface area contributed by atoms with Crippen LogP contribution in [0.25, 0.3) is 0 Å². The fraction of sp³-hybridized carbons (Fsp3) is 0.381. The summed E-state index contributed by atoms with van der Waals surface area (Å²) in [6.45, 7) is 3.66. The van der Waals surface area contributed by atoms with Gasteiger partial charge in [-0.05, 0) is 30.0 Å². The maximum Gasteiger partial charge on any atom is 0.225 e. The number of aromatic nitrogens is 1. The minimum absolute atomic E-state index is 0.00971. The Bertz CT molecular complexity index is 779. The second-order valence-electron chi connectivity index (χ2n) is 6.80. The third kappa shape index (κ3) is 5.54. The summed E-state index contributed by atoms with van der Waals surface area (Å²) in [6, 6.07) is 13.6. The molecule has 0 radical (unpaired) electrons. The van der Waals surface area contributed by atoms with Gasteiger partial charge in [0.15, 0.2) is 0 Å². The molecule has 1 fully saturated rings. The molecule has 1 saturated heterocycles. The molecule has 1 aliphatic heterocycles. The van der Waals surface area contributed by atoms with Crippen LogP contribution in [0.4, 0.5) is 0 Å². The third-order valence-corrected chi connectivity index (χ3v) is 4.73. The van der Waals surface area contributed by atoms with Crippen LogP contribution < -0.4 is 10.1 Å². The normalized spacial score (nSPS) is 16.6. The highest BCUT2D eigenvalue weighted by molar-refractivity contribution is 5.80. The van der Waals surface area contributed by atoms with E-state index in [-0.39, 0.29) is 17.7 Å². The summed E-state index contributed by atoms with van der Waals surface area (Å²) >= 11 is 0. The van der Waals surface area contributed by atoms with E-state index in [4.69, 9.17) is 4.74 Å². The van der Waals surface area contributed by atoms with Gasteiger partial charge in [-0.1, -0.05) is 30.3 Å². The van der Waals surface area contributed by atoms with Crippen LogP contribution in [-0.4, -0.2) is 34.8 Å². The molecule has 2 aromatic rings. The summed E-state index contributed by atoms with van der Waals surface area (Å²) < 4.78 is 5.73. The molecule has 2 heterocycles. The molecule has 0 bridgehead atoms. The lowest BCUT2D eigenvalue weighted by Crippen LogP contribution is -2.44. The Morgan fingerprint density at radius 1 is 1.22 bits per heavy atom. The summed E-state index contributed by atoms with van der Waals surface area (Å²) in [6.07, 6.45) is 3.36. The van der Waals surface area contributed by atoms with E-state index in [9.17, 15) is 9.59 Å². The first-order valence-electron chi connectivity index (χ1n) is 9.26. The van der Waals surface area contributed by atoms with E-state index in [1.165, 1.54) is 0 Å². The first-order chi connectivity index (χ1) is 13.1. The topological polar surface area (TPSA) is 71.5 Å². The number of pyridine rings is 1. The number of hydrogen-bond donors (Lipinski definition) is 1. The molecule has 1 atom stereocenters. The molecular formula is C21H25N3O3. The van der Waals surface area contributed by atoms with Gasteiger partial charge in [0.25, 0.3) is 0 Å². The Kier molecular flexibility index (Phi) is 6.41. The van der Waals surface area contributed by atoms with Crippen molar-refractivity contribution in [3.05, 3.63) is 59.8 Å². The molecule has 6 heteroatoms. The molecule has 1 unspecified atom stereocenters. The van der Waals surface area contributed by atoms with Crippen molar-refractivity contribution in [2.75, 3.05) is 13.1 Å². The first kappa shape index (κ1) is 18.9. The Hall–Kier alpha value is -2.89. The maximum absolute atomic E-state index is 12.4.